The number of carboxylic acids is 1. The lowest BCUT2D eigenvalue weighted by atomic mass is 9.78. The average Bonchev–Trinajstić information content (AvgIpc) is 2.39. The van der Waals surface area contributed by atoms with Crippen LogP contribution in [0.4, 0.5) is 4.79 Å². The third-order valence-corrected chi connectivity index (χ3v) is 3.23. The SMILES string of the molecule is O=C(O)COCCNC(=O)NCC1Cc2ccccc21. The summed E-state index contributed by atoms with van der Waals surface area (Å²) in [5, 5.41) is 13.8. The Balaban J connectivity index is 1.57. The zero-order chi connectivity index (χ0) is 14.4. The van der Waals surface area contributed by atoms with Crippen molar-refractivity contribution in [2.45, 2.75) is 12.3 Å². The molecule has 1 aliphatic rings. The highest BCUT2D eigenvalue weighted by Crippen LogP contribution is 2.33. The van der Waals surface area contributed by atoms with Gasteiger partial charge in [0, 0.05) is 19.0 Å². The first-order valence-electron chi connectivity index (χ1n) is 6.56. The number of hydrogen-bond donors (Lipinski definition) is 3. The molecule has 0 spiro atoms. The number of urea groups is 1. The molecule has 1 aromatic rings. The van der Waals surface area contributed by atoms with Crippen molar-refractivity contribution in [1.29, 1.82) is 0 Å². The Hall–Kier alpha value is -2.08. The molecule has 6 nitrogen and oxygen atoms in total. The first-order valence-corrected chi connectivity index (χ1v) is 6.56. The van der Waals surface area contributed by atoms with Crippen molar-refractivity contribution >= 4 is 12.0 Å². The normalized spacial score (nSPS) is 15.9. The molecular formula is C14H18N2O4. The highest BCUT2D eigenvalue weighted by Gasteiger charge is 2.25. The van der Waals surface area contributed by atoms with Crippen molar-refractivity contribution in [2.75, 3.05) is 26.3 Å². The predicted octanol–water partition coefficient (Wildman–Crippen LogP) is 0.727. The fourth-order valence-corrected chi connectivity index (χ4v) is 2.22. The van der Waals surface area contributed by atoms with E-state index in [4.69, 9.17) is 9.84 Å². The lowest BCUT2D eigenvalue weighted by Gasteiger charge is -2.30. The minimum absolute atomic E-state index is 0.186. The van der Waals surface area contributed by atoms with Gasteiger partial charge >= 0.3 is 12.0 Å². The van der Waals surface area contributed by atoms with Gasteiger partial charge in [-0.1, -0.05) is 24.3 Å². The van der Waals surface area contributed by atoms with Gasteiger partial charge in [0.05, 0.1) is 6.61 Å². The van der Waals surface area contributed by atoms with Crippen LogP contribution < -0.4 is 10.6 Å². The molecule has 0 fully saturated rings. The second kappa shape index (κ2) is 6.91. The second-order valence-corrected chi connectivity index (χ2v) is 4.68. The van der Waals surface area contributed by atoms with Gasteiger partial charge in [0.25, 0.3) is 0 Å². The quantitative estimate of drug-likeness (QED) is 0.642. The zero-order valence-corrected chi connectivity index (χ0v) is 11.1. The van der Waals surface area contributed by atoms with Crippen LogP contribution in [0, 0.1) is 0 Å². The Morgan fingerprint density at radius 2 is 2.10 bits per heavy atom. The minimum Gasteiger partial charge on any atom is -0.480 e. The van der Waals surface area contributed by atoms with Crippen LogP contribution in [0.25, 0.3) is 0 Å². The van der Waals surface area contributed by atoms with Gasteiger partial charge in [0.2, 0.25) is 0 Å². The maximum atomic E-state index is 11.5. The molecule has 0 aliphatic heterocycles. The summed E-state index contributed by atoms with van der Waals surface area (Å²) in [7, 11) is 0. The summed E-state index contributed by atoms with van der Waals surface area (Å²) in [6.07, 6.45) is 0.998. The molecule has 2 rings (SSSR count). The van der Waals surface area contributed by atoms with Crippen LogP contribution in [0.5, 0.6) is 0 Å². The van der Waals surface area contributed by atoms with Gasteiger partial charge in [0.15, 0.2) is 0 Å². The standard InChI is InChI=1S/C14H18N2O4/c17-13(18)9-20-6-5-15-14(19)16-8-11-7-10-3-1-2-4-12(10)11/h1-4,11H,5-9H2,(H,17,18)(H2,15,16,19). The molecule has 1 aromatic carbocycles. The second-order valence-electron chi connectivity index (χ2n) is 4.68. The van der Waals surface area contributed by atoms with Gasteiger partial charge in [-0.2, -0.15) is 0 Å². The average molecular weight is 278 g/mol. The van der Waals surface area contributed by atoms with Crippen LogP contribution in [0.3, 0.4) is 0 Å². The maximum Gasteiger partial charge on any atom is 0.329 e. The molecule has 0 heterocycles. The summed E-state index contributed by atoms with van der Waals surface area (Å²) in [5.41, 5.74) is 2.65. The van der Waals surface area contributed by atoms with E-state index in [0.717, 1.165) is 6.42 Å². The fourth-order valence-electron chi connectivity index (χ4n) is 2.22. The number of aliphatic carboxylic acids is 1. The van der Waals surface area contributed by atoms with Gasteiger partial charge in [-0.15, -0.1) is 0 Å². The van der Waals surface area contributed by atoms with Crippen molar-refractivity contribution in [3.05, 3.63) is 35.4 Å². The van der Waals surface area contributed by atoms with Gasteiger partial charge in [-0.05, 0) is 17.5 Å². The van der Waals surface area contributed by atoms with E-state index in [1.165, 1.54) is 11.1 Å². The van der Waals surface area contributed by atoms with Crippen LogP contribution in [-0.2, 0) is 16.0 Å². The van der Waals surface area contributed by atoms with Gasteiger partial charge in [-0.25, -0.2) is 9.59 Å². The Labute approximate surface area is 117 Å². The molecule has 108 valence electrons. The molecule has 3 N–H and O–H groups in total. The summed E-state index contributed by atoms with van der Waals surface area (Å²) in [6, 6.07) is 7.96. The number of amides is 2. The van der Waals surface area contributed by atoms with Crippen LogP contribution in [-0.4, -0.2) is 43.4 Å². The number of benzene rings is 1. The summed E-state index contributed by atoms with van der Waals surface area (Å²) in [6.45, 7) is 0.743. The number of carbonyl (C=O) groups excluding carboxylic acids is 1. The van der Waals surface area contributed by atoms with Crippen molar-refractivity contribution in [3.8, 4) is 0 Å². The van der Waals surface area contributed by atoms with E-state index < -0.39 is 5.97 Å². The van der Waals surface area contributed by atoms with Crippen molar-refractivity contribution < 1.29 is 19.4 Å². The first kappa shape index (κ1) is 14.3. The zero-order valence-electron chi connectivity index (χ0n) is 11.1. The summed E-state index contributed by atoms with van der Waals surface area (Å²) in [5.74, 6) is -0.627. The minimum atomic E-state index is -1.02. The van der Waals surface area contributed by atoms with E-state index in [0.29, 0.717) is 19.0 Å². The molecule has 1 unspecified atom stereocenters. The van der Waals surface area contributed by atoms with E-state index in [1.807, 2.05) is 12.1 Å². The van der Waals surface area contributed by atoms with Gasteiger partial charge < -0.3 is 20.5 Å². The van der Waals surface area contributed by atoms with Gasteiger partial charge in [0.1, 0.15) is 6.61 Å². The highest BCUT2D eigenvalue weighted by atomic mass is 16.5. The van der Waals surface area contributed by atoms with Crippen molar-refractivity contribution in [3.63, 3.8) is 0 Å². The number of ether oxygens (including phenoxy) is 1. The lowest BCUT2D eigenvalue weighted by Crippen LogP contribution is -2.41. The van der Waals surface area contributed by atoms with E-state index in [2.05, 4.69) is 22.8 Å². The molecular weight excluding hydrogens is 260 g/mol. The molecule has 0 bridgehead atoms. The molecule has 2 amide bonds. The van der Waals surface area contributed by atoms with Crippen LogP contribution in [0.1, 0.15) is 17.0 Å². The number of rotatable bonds is 7. The Morgan fingerprint density at radius 3 is 2.85 bits per heavy atom. The molecule has 20 heavy (non-hydrogen) atoms. The molecule has 1 atom stereocenters. The lowest BCUT2D eigenvalue weighted by molar-refractivity contribution is -0.142. The van der Waals surface area contributed by atoms with E-state index in [9.17, 15) is 9.59 Å². The summed E-state index contributed by atoms with van der Waals surface area (Å²) >= 11 is 0. The molecule has 6 heteroatoms. The number of hydrogen-bond acceptors (Lipinski definition) is 3. The van der Waals surface area contributed by atoms with Crippen LogP contribution in [0.15, 0.2) is 24.3 Å². The molecule has 0 radical (unpaired) electrons. The Morgan fingerprint density at radius 1 is 1.30 bits per heavy atom. The smallest absolute Gasteiger partial charge is 0.329 e. The molecule has 0 saturated heterocycles. The fraction of sp³-hybridized carbons (Fsp3) is 0.429. The highest BCUT2D eigenvalue weighted by molar-refractivity contribution is 5.74. The third kappa shape index (κ3) is 3.96. The van der Waals surface area contributed by atoms with E-state index >= 15 is 0 Å². The monoisotopic (exact) mass is 278 g/mol. The summed E-state index contributed by atoms with van der Waals surface area (Å²) < 4.78 is 4.81. The number of nitrogens with one attached hydrogen (secondary N) is 2. The van der Waals surface area contributed by atoms with Crippen LogP contribution >= 0.6 is 0 Å². The Bertz CT molecular complexity index is 490. The summed E-state index contributed by atoms with van der Waals surface area (Å²) in [4.78, 5) is 21.7. The first-order chi connectivity index (χ1) is 9.66. The van der Waals surface area contributed by atoms with E-state index in [1.54, 1.807) is 0 Å². The van der Waals surface area contributed by atoms with Crippen molar-refractivity contribution in [2.24, 2.45) is 0 Å². The molecule has 0 aromatic heterocycles. The number of fused-ring (bicyclic) bond motifs is 1. The topological polar surface area (TPSA) is 87.7 Å². The molecule has 0 saturated carbocycles. The van der Waals surface area contributed by atoms with Crippen LogP contribution in [0.2, 0.25) is 0 Å². The third-order valence-electron chi connectivity index (χ3n) is 3.23. The number of carboxylic acid groups (broad SMARTS) is 1. The maximum absolute atomic E-state index is 11.5. The predicted molar refractivity (Wildman–Crippen MR) is 72.7 cm³/mol. The molecule has 1 aliphatic carbocycles. The van der Waals surface area contributed by atoms with E-state index in [-0.39, 0.29) is 19.2 Å². The Kier molecular flexibility index (Phi) is 4.95. The number of carbonyl (C=O) groups is 2. The van der Waals surface area contributed by atoms with Crippen molar-refractivity contribution in [1.82, 2.24) is 10.6 Å². The largest absolute Gasteiger partial charge is 0.480 e. The van der Waals surface area contributed by atoms with Gasteiger partial charge in [-0.3, -0.25) is 0 Å².